The molecule has 2 aromatic carbocycles. The molecule has 3 rings (SSSR count). The Bertz CT molecular complexity index is 1200. The van der Waals surface area contributed by atoms with E-state index < -0.39 is 51.8 Å². The lowest BCUT2D eigenvalue weighted by Gasteiger charge is -2.25. The molecule has 2 aromatic rings. The normalized spacial score (nSPS) is 19.5. The molecule has 3 unspecified atom stereocenters. The van der Waals surface area contributed by atoms with Gasteiger partial charge in [-0.1, -0.05) is 48.0 Å². The van der Waals surface area contributed by atoms with Crippen LogP contribution < -0.4 is 14.9 Å². The van der Waals surface area contributed by atoms with E-state index in [4.69, 9.17) is 30.1 Å². The van der Waals surface area contributed by atoms with Gasteiger partial charge in [0.25, 0.3) is 5.92 Å². The van der Waals surface area contributed by atoms with Crippen molar-refractivity contribution in [2.24, 2.45) is 0 Å². The molecule has 0 aliphatic carbocycles. The van der Waals surface area contributed by atoms with Crippen LogP contribution in [0, 0.1) is 0 Å². The lowest BCUT2D eigenvalue weighted by Crippen LogP contribution is -2.42. The first kappa shape index (κ1) is 30.6. The summed E-state index contributed by atoms with van der Waals surface area (Å²) in [5.41, 5.74) is 0. The van der Waals surface area contributed by atoms with Gasteiger partial charge < -0.3 is 23.8 Å². The number of hydrogen-bond donors (Lipinski definition) is 2. The number of aldehydes is 1. The maximum absolute atomic E-state index is 14.9. The second-order valence-electron chi connectivity index (χ2n) is 8.63. The first-order chi connectivity index (χ1) is 18.5. The molecule has 14 heteroatoms. The van der Waals surface area contributed by atoms with Crippen LogP contribution in [0.3, 0.4) is 0 Å². The maximum atomic E-state index is 14.9. The van der Waals surface area contributed by atoms with E-state index in [2.05, 4.69) is 10.4 Å². The smallest absolute Gasteiger partial charge is 0.323 e. The number of amides is 2. The van der Waals surface area contributed by atoms with Crippen molar-refractivity contribution in [2.45, 2.75) is 44.6 Å². The van der Waals surface area contributed by atoms with Crippen molar-refractivity contribution in [2.75, 3.05) is 20.2 Å². The molecule has 2 N–H and O–H groups in total. The molecular formula is C25H29ClF2N3O7P. The second-order valence-corrected chi connectivity index (χ2v) is 10.3. The van der Waals surface area contributed by atoms with E-state index in [1.807, 2.05) is 30.3 Å². The molecule has 0 aromatic heterocycles. The van der Waals surface area contributed by atoms with Gasteiger partial charge in [0.15, 0.2) is 6.29 Å². The van der Waals surface area contributed by atoms with Gasteiger partial charge in [-0.05, 0) is 25.3 Å². The average molecular weight is 588 g/mol. The summed E-state index contributed by atoms with van der Waals surface area (Å²) in [5, 5.41) is 6.34. The van der Waals surface area contributed by atoms with Gasteiger partial charge in [-0.2, -0.15) is 0 Å². The van der Waals surface area contributed by atoms with Crippen molar-refractivity contribution in [3.63, 3.8) is 0 Å². The van der Waals surface area contributed by atoms with E-state index in [0.29, 0.717) is 5.75 Å². The molecule has 3 atom stereocenters. The summed E-state index contributed by atoms with van der Waals surface area (Å²) in [6.45, 7) is 2.45. The first-order valence-corrected chi connectivity index (χ1v) is 13.5. The number of ether oxygens (including phenoxy) is 2. The number of carbonyl (C=O) groups is 3. The number of urea groups is 1. The van der Waals surface area contributed by atoms with Crippen molar-refractivity contribution in [1.29, 1.82) is 0 Å². The Balaban J connectivity index is 1.76. The minimum atomic E-state index is -3.41. The minimum Gasteiger partial charge on any atom is -0.462 e. The summed E-state index contributed by atoms with van der Waals surface area (Å²) in [6.07, 6.45) is -3.25. The highest BCUT2D eigenvalue weighted by Crippen LogP contribution is 2.42. The number of alkyl halides is 2. The minimum absolute atomic E-state index is 0.263. The standard InChI is InChI=1S/C25H29ClF2N3O7P/c1-16(2)36-23(33)12-30-39(38-20-10-6-8-17-7-4-5-9-19(17)20)35-15-21-25(27,28)11-22(37-21)31(24(34)29-3)13-18(26)14-32/h4-10,13-14,16,21-22,30H,11-12,15H2,1-3H3,(H,29,34)/b18-13+. The van der Waals surface area contributed by atoms with Gasteiger partial charge in [-0.25, -0.2) is 18.7 Å². The van der Waals surface area contributed by atoms with Crippen molar-refractivity contribution >= 4 is 49.2 Å². The average Bonchev–Trinajstić information content (AvgIpc) is 3.21. The van der Waals surface area contributed by atoms with Crippen LogP contribution in [0.25, 0.3) is 10.8 Å². The van der Waals surface area contributed by atoms with Crippen molar-refractivity contribution < 1.29 is 41.7 Å². The number of hydrogen-bond acceptors (Lipinski definition) is 8. The van der Waals surface area contributed by atoms with Crippen LogP contribution in [0.4, 0.5) is 13.6 Å². The van der Waals surface area contributed by atoms with Crippen molar-refractivity contribution in [1.82, 2.24) is 15.3 Å². The molecule has 0 saturated carbocycles. The molecular weight excluding hydrogens is 559 g/mol. The van der Waals surface area contributed by atoms with E-state index >= 15 is 0 Å². The molecule has 2 amide bonds. The monoisotopic (exact) mass is 587 g/mol. The number of benzene rings is 2. The fraction of sp³-hybridized carbons (Fsp3) is 0.400. The van der Waals surface area contributed by atoms with Gasteiger partial charge in [-0.3, -0.25) is 14.5 Å². The van der Waals surface area contributed by atoms with Gasteiger partial charge in [0, 0.05) is 18.6 Å². The summed E-state index contributed by atoms with van der Waals surface area (Å²) in [5.74, 6) is -3.57. The highest BCUT2D eigenvalue weighted by atomic mass is 35.5. The summed E-state index contributed by atoms with van der Waals surface area (Å²) in [6, 6.07) is 11.9. The zero-order valence-corrected chi connectivity index (χ0v) is 23.1. The topological polar surface area (TPSA) is 115 Å². The lowest BCUT2D eigenvalue weighted by molar-refractivity contribution is -0.145. The maximum Gasteiger partial charge on any atom is 0.323 e. The summed E-state index contributed by atoms with van der Waals surface area (Å²) in [4.78, 5) is 36.0. The number of carbonyl (C=O) groups excluding carboxylic acids is 3. The van der Waals surface area contributed by atoms with Crippen LogP contribution in [-0.2, 0) is 23.6 Å². The first-order valence-electron chi connectivity index (χ1n) is 11.9. The van der Waals surface area contributed by atoms with Crippen molar-refractivity contribution in [3.8, 4) is 5.75 Å². The number of rotatable bonds is 12. The van der Waals surface area contributed by atoms with Crippen LogP contribution in [0.2, 0.25) is 0 Å². The SMILES string of the molecule is CNC(=O)N(/C=C(/Cl)C=O)C1CC(F)(F)C(COP(NCC(=O)OC(C)C)Oc2cccc3ccccc23)O1. The van der Waals surface area contributed by atoms with Gasteiger partial charge in [0.2, 0.25) is 0 Å². The quantitative estimate of drug-likeness (QED) is 0.159. The Labute approximate surface area is 230 Å². The van der Waals surface area contributed by atoms with Gasteiger partial charge >= 0.3 is 20.5 Å². The number of esters is 1. The van der Waals surface area contributed by atoms with Crippen LogP contribution in [0.5, 0.6) is 5.75 Å². The highest BCUT2D eigenvalue weighted by molar-refractivity contribution is 7.45. The van der Waals surface area contributed by atoms with E-state index in [9.17, 15) is 23.2 Å². The number of nitrogens with zero attached hydrogens (tertiary/aromatic N) is 1. The number of halogens is 3. The van der Waals surface area contributed by atoms with Gasteiger partial charge in [0.05, 0.1) is 24.2 Å². The molecule has 212 valence electrons. The molecule has 0 spiro atoms. The third-order valence-corrected chi connectivity index (χ3v) is 6.72. The fourth-order valence-electron chi connectivity index (χ4n) is 3.63. The molecule has 1 heterocycles. The van der Waals surface area contributed by atoms with E-state index in [0.717, 1.165) is 21.9 Å². The zero-order valence-electron chi connectivity index (χ0n) is 21.4. The molecule has 10 nitrogen and oxygen atoms in total. The Morgan fingerprint density at radius 1 is 1.26 bits per heavy atom. The molecule has 1 aliphatic rings. The molecule has 39 heavy (non-hydrogen) atoms. The van der Waals surface area contributed by atoms with Gasteiger partial charge in [0.1, 0.15) is 24.6 Å². The second kappa shape index (κ2) is 14.0. The predicted molar refractivity (Wildman–Crippen MR) is 141 cm³/mol. The molecule has 1 saturated heterocycles. The Kier molecular flexibility index (Phi) is 11.0. The molecule has 0 radical (unpaired) electrons. The Hall–Kier alpha value is -2.89. The van der Waals surface area contributed by atoms with Crippen LogP contribution in [0.15, 0.2) is 53.7 Å². The predicted octanol–water partition coefficient (Wildman–Crippen LogP) is 4.67. The third kappa shape index (κ3) is 8.55. The van der Waals surface area contributed by atoms with E-state index in [1.165, 1.54) is 7.05 Å². The third-order valence-electron chi connectivity index (χ3n) is 5.37. The van der Waals surface area contributed by atoms with Crippen LogP contribution in [0.1, 0.15) is 20.3 Å². The van der Waals surface area contributed by atoms with Gasteiger partial charge in [-0.15, -0.1) is 0 Å². The number of nitrogens with one attached hydrogen (secondary N) is 2. The molecule has 0 bridgehead atoms. The molecule has 1 fully saturated rings. The summed E-state index contributed by atoms with van der Waals surface area (Å²) in [7, 11) is -0.832. The highest BCUT2D eigenvalue weighted by Gasteiger charge is 2.53. The zero-order chi connectivity index (χ0) is 28.6. The van der Waals surface area contributed by atoms with E-state index in [1.54, 1.807) is 26.0 Å². The van der Waals surface area contributed by atoms with Crippen LogP contribution in [-0.4, -0.2) is 67.7 Å². The fourth-order valence-corrected chi connectivity index (χ4v) is 4.81. The molecule has 1 aliphatic heterocycles. The Morgan fingerprint density at radius 3 is 2.67 bits per heavy atom. The Morgan fingerprint density at radius 2 is 1.97 bits per heavy atom. The number of allylic oxidation sites excluding steroid dienone is 1. The van der Waals surface area contributed by atoms with Crippen LogP contribution >= 0.6 is 20.1 Å². The van der Waals surface area contributed by atoms with Crippen molar-refractivity contribution in [3.05, 3.63) is 53.7 Å². The summed E-state index contributed by atoms with van der Waals surface area (Å²) >= 11 is 5.70. The lowest BCUT2D eigenvalue weighted by atomic mass is 10.1. The number of fused-ring (bicyclic) bond motifs is 1. The largest absolute Gasteiger partial charge is 0.462 e. The summed E-state index contributed by atoms with van der Waals surface area (Å²) < 4.78 is 52.1. The van der Waals surface area contributed by atoms with E-state index in [-0.39, 0.29) is 24.0 Å².